The van der Waals surface area contributed by atoms with Crippen molar-refractivity contribution in [1.82, 2.24) is 4.98 Å². The van der Waals surface area contributed by atoms with E-state index in [1.54, 1.807) is 0 Å². The van der Waals surface area contributed by atoms with Gasteiger partial charge in [-0.2, -0.15) is 0 Å². The quantitative estimate of drug-likeness (QED) is 0.867. The van der Waals surface area contributed by atoms with Gasteiger partial charge in [-0.15, -0.1) is 0 Å². The second-order valence-electron chi connectivity index (χ2n) is 5.07. The second kappa shape index (κ2) is 5.74. The van der Waals surface area contributed by atoms with Crippen molar-refractivity contribution >= 4 is 17.5 Å². The lowest BCUT2D eigenvalue weighted by Crippen LogP contribution is -2.21. The van der Waals surface area contributed by atoms with Gasteiger partial charge in [0.1, 0.15) is 5.82 Å². The summed E-state index contributed by atoms with van der Waals surface area (Å²) in [5.74, 6) is 0.560. The smallest absolute Gasteiger partial charge is 0.307 e. The van der Waals surface area contributed by atoms with Crippen LogP contribution in [0.1, 0.15) is 22.4 Å². The molecule has 2 N–H and O–H groups in total. The Morgan fingerprint density at radius 1 is 0.950 bits per heavy atom. The summed E-state index contributed by atoms with van der Waals surface area (Å²) in [5.41, 5.74) is 4.90. The number of anilines is 2. The first-order valence-electron chi connectivity index (χ1n) is 6.54. The van der Waals surface area contributed by atoms with Crippen LogP contribution < -0.4 is 10.6 Å². The molecule has 1 aromatic carbocycles. The van der Waals surface area contributed by atoms with Crippen LogP contribution in [0.3, 0.4) is 0 Å². The number of pyridine rings is 1. The minimum absolute atomic E-state index is 0.281. The zero-order valence-electron chi connectivity index (χ0n) is 12.2. The molecule has 0 fully saturated rings. The number of urea groups is 1. The first-order chi connectivity index (χ1) is 9.44. The van der Waals surface area contributed by atoms with Crippen LogP contribution in [0.4, 0.5) is 16.3 Å². The third-order valence-electron chi connectivity index (χ3n) is 2.98. The standard InChI is InChI=1S/C16H19N3O/c1-10-5-6-12(3)14(8-10)18-16(20)19-15-9-11(2)7-13(4)17-15/h5-9H,1-4H3,(H2,17,18,19,20). The van der Waals surface area contributed by atoms with E-state index in [0.29, 0.717) is 5.82 Å². The van der Waals surface area contributed by atoms with Gasteiger partial charge in [-0.25, -0.2) is 9.78 Å². The first kappa shape index (κ1) is 14.1. The largest absolute Gasteiger partial charge is 0.324 e. The van der Waals surface area contributed by atoms with Crippen LogP contribution in [0.2, 0.25) is 0 Å². The van der Waals surface area contributed by atoms with Gasteiger partial charge in [0.05, 0.1) is 0 Å². The maximum atomic E-state index is 12.0. The summed E-state index contributed by atoms with van der Waals surface area (Å²) < 4.78 is 0. The van der Waals surface area contributed by atoms with E-state index in [4.69, 9.17) is 0 Å². The van der Waals surface area contributed by atoms with Gasteiger partial charge in [0.15, 0.2) is 0 Å². The van der Waals surface area contributed by atoms with E-state index in [1.165, 1.54) is 0 Å². The van der Waals surface area contributed by atoms with Gasteiger partial charge >= 0.3 is 6.03 Å². The normalized spacial score (nSPS) is 10.2. The van der Waals surface area contributed by atoms with E-state index in [2.05, 4.69) is 15.6 Å². The zero-order valence-corrected chi connectivity index (χ0v) is 12.2. The van der Waals surface area contributed by atoms with Crippen molar-refractivity contribution in [2.45, 2.75) is 27.7 Å². The number of hydrogen-bond acceptors (Lipinski definition) is 2. The van der Waals surface area contributed by atoms with Crippen molar-refractivity contribution in [2.24, 2.45) is 0 Å². The molecule has 0 aliphatic rings. The van der Waals surface area contributed by atoms with Crippen molar-refractivity contribution in [3.05, 3.63) is 52.7 Å². The average molecular weight is 269 g/mol. The molecule has 0 spiro atoms. The van der Waals surface area contributed by atoms with Crippen LogP contribution in [-0.2, 0) is 0 Å². The van der Waals surface area contributed by atoms with Crippen LogP contribution in [0, 0.1) is 27.7 Å². The lowest BCUT2D eigenvalue weighted by atomic mass is 10.1. The van der Waals surface area contributed by atoms with Crippen LogP contribution in [0.15, 0.2) is 30.3 Å². The van der Waals surface area contributed by atoms with Gasteiger partial charge in [-0.05, 0) is 62.6 Å². The van der Waals surface area contributed by atoms with Crippen molar-refractivity contribution < 1.29 is 4.79 Å². The number of carbonyl (C=O) groups excluding carboxylic acids is 1. The van der Waals surface area contributed by atoms with E-state index in [-0.39, 0.29) is 6.03 Å². The van der Waals surface area contributed by atoms with Crippen molar-refractivity contribution in [3.8, 4) is 0 Å². The Balaban J connectivity index is 2.11. The summed E-state index contributed by atoms with van der Waals surface area (Å²) in [7, 11) is 0. The molecule has 0 bridgehead atoms. The molecular formula is C16H19N3O. The van der Waals surface area contributed by atoms with Crippen LogP contribution in [0.25, 0.3) is 0 Å². The van der Waals surface area contributed by atoms with Crippen molar-refractivity contribution in [2.75, 3.05) is 10.6 Å². The number of nitrogens with one attached hydrogen (secondary N) is 2. The van der Waals surface area contributed by atoms with Crippen LogP contribution in [0.5, 0.6) is 0 Å². The summed E-state index contributed by atoms with van der Waals surface area (Å²) >= 11 is 0. The molecule has 0 aliphatic heterocycles. The Kier molecular flexibility index (Phi) is 4.03. The Morgan fingerprint density at radius 3 is 2.40 bits per heavy atom. The number of aromatic nitrogens is 1. The molecule has 0 aliphatic carbocycles. The summed E-state index contributed by atoms with van der Waals surface area (Å²) in [6, 6.07) is 9.48. The van der Waals surface area contributed by atoms with Crippen molar-refractivity contribution in [1.29, 1.82) is 0 Å². The lowest BCUT2D eigenvalue weighted by molar-refractivity contribution is 0.262. The maximum absolute atomic E-state index is 12.0. The number of carbonyl (C=O) groups is 1. The number of nitrogens with zero attached hydrogens (tertiary/aromatic N) is 1. The summed E-state index contributed by atoms with van der Waals surface area (Å²) in [6.07, 6.45) is 0. The van der Waals surface area contributed by atoms with Gasteiger partial charge in [-0.3, -0.25) is 5.32 Å². The molecule has 0 saturated carbocycles. The Labute approximate surface area is 119 Å². The number of rotatable bonds is 2. The van der Waals surface area contributed by atoms with E-state index < -0.39 is 0 Å². The van der Waals surface area contributed by atoms with E-state index in [0.717, 1.165) is 28.1 Å². The fraction of sp³-hybridized carbons (Fsp3) is 0.250. The lowest BCUT2D eigenvalue weighted by Gasteiger charge is -2.11. The van der Waals surface area contributed by atoms with Gasteiger partial charge in [0, 0.05) is 11.4 Å². The molecule has 104 valence electrons. The van der Waals surface area contributed by atoms with Gasteiger partial charge < -0.3 is 5.32 Å². The molecule has 2 aromatic rings. The second-order valence-corrected chi connectivity index (χ2v) is 5.07. The highest BCUT2D eigenvalue weighted by Crippen LogP contribution is 2.17. The average Bonchev–Trinajstić information content (AvgIpc) is 2.32. The predicted molar refractivity (Wildman–Crippen MR) is 82.3 cm³/mol. The summed E-state index contributed by atoms with van der Waals surface area (Å²) in [5, 5.41) is 5.61. The SMILES string of the molecule is Cc1cc(C)nc(NC(=O)Nc2cc(C)ccc2C)c1. The van der Waals surface area contributed by atoms with Gasteiger partial charge in [-0.1, -0.05) is 12.1 Å². The molecule has 0 unspecified atom stereocenters. The molecular weight excluding hydrogens is 250 g/mol. The molecule has 1 aromatic heterocycles. The third kappa shape index (κ3) is 3.57. The van der Waals surface area contributed by atoms with Gasteiger partial charge in [0.2, 0.25) is 0 Å². The molecule has 2 rings (SSSR count). The summed E-state index contributed by atoms with van der Waals surface area (Å²) in [4.78, 5) is 16.3. The molecule has 0 radical (unpaired) electrons. The fourth-order valence-corrected chi connectivity index (χ4v) is 2.05. The highest BCUT2D eigenvalue weighted by Gasteiger charge is 2.06. The van der Waals surface area contributed by atoms with Crippen molar-refractivity contribution in [3.63, 3.8) is 0 Å². The molecule has 0 saturated heterocycles. The molecule has 1 heterocycles. The molecule has 0 atom stereocenters. The third-order valence-corrected chi connectivity index (χ3v) is 2.98. The van der Waals surface area contributed by atoms with E-state index >= 15 is 0 Å². The number of benzene rings is 1. The van der Waals surface area contributed by atoms with E-state index in [1.807, 2.05) is 58.0 Å². The molecule has 4 nitrogen and oxygen atoms in total. The first-order valence-corrected chi connectivity index (χ1v) is 6.54. The Hall–Kier alpha value is -2.36. The molecule has 2 amide bonds. The van der Waals surface area contributed by atoms with E-state index in [9.17, 15) is 4.79 Å². The number of aryl methyl sites for hydroxylation is 4. The Bertz CT molecular complexity index is 630. The highest BCUT2D eigenvalue weighted by atomic mass is 16.2. The predicted octanol–water partition coefficient (Wildman–Crippen LogP) is 3.96. The van der Waals surface area contributed by atoms with Crippen LogP contribution in [-0.4, -0.2) is 11.0 Å². The van der Waals surface area contributed by atoms with Gasteiger partial charge in [0.25, 0.3) is 0 Å². The highest BCUT2D eigenvalue weighted by molar-refractivity contribution is 5.99. The minimum atomic E-state index is -0.281. The minimum Gasteiger partial charge on any atom is -0.307 e. The van der Waals surface area contributed by atoms with Crippen LogP contribution >= 0.6 is 0 Å². The monoisotopic (exact) mass is 269 g/mol. The number of amides is 2. The Morgan fingerprint density at radius 2 is 1.70 bits per heavy atom. The molecule has 20 heavy (non-hydrogen) atoms. The zero-order chi connectivity index (χ0) is 14.7. The maximum Gasteiger partial charge on any atom is 0.324 e. The topological polar surface area (TPSA) is 54.0 Å². The summed E-state index contributed by atoms with van der Waals surface area (Å²) in [6.45, 7) is 7.83. The molecule has 4 heteroatoms. The number of hydrogen-bond donors (Lipinski definition) is 2. The fourth-order valence-electron chi connectivity index (χ4n) is 2.05.